The summed E-state index contributed by atoms with van der Waals surface area (Å²) in [4.78, 5) is 0. The molecular formula is C26H37Br. The largest absolute Gasteiger partial charge is 0.0802 e. The van der Waals surface area contributed by atoms with Crippen LogP contribution in [0.15, 0.2) is 47.0 Å². The highest BCUT2D eigenvalue weighted by Gasteiger charge is 2.26. The molecule has 0 nitrogen and oxygen atoms in total. The molecule has 1 aromatic rings. The van der Waals surface area contributed by atoms with E-state index < -0.39 is 0 Å². The molecule has 1 saturated carbocycles. The lowest BCUT2D eigenvalue weighted by molar-refractivity contribution is 0.218. The Morgan fingerprint density at radius 1 is 0.889 bits per heavy atom. The van der Waals surface area contributed by atoms with Gasteiger partial charge >= 0.3 is 0 Å². The molecule has 0 saturated heterocycles. The maximum atomic E-state index is 3.53. The fourth-order valence-corrected chi connectivity index (χ4v) is 5.23. The Labute approximate surface area is 175 Å². The quantitative estimate of drug-likeness (QED) is 0.344. The Bertz CT molecular complexity index is 602. The number of rotatable bonds is 9. The molecule has 2 aliphatic rings. The van der Waals surface area contributed by atoms with E-state index in [9.17, 15) is 0 Å². The molecule has 0 radical (unpaired) electrons. The first-order chi connectivity index (χ1) is 13.3. The van der Waals surface area contributed by atoms with Crippen LogP contribution >= 0.6 is 15.9 Å². The fraction of sp³-hybridized carbons (Fsp3) is 0.615. The zero-order valence-electron chi connectivity index (χ0n) is 17.1. The highest BCUT2D eigenvalue weighted by molar-refractivity contribution is 9.10. The van der Waals surface area contributed by atoms with Crippen molar-refractivity contribution < 1.29 is 0 Å². The average molecular weight is 429 g/mol. The van der Waals surface area contributed by atoms with Crippen molar-refractivity contribution in [3.8, 4) is 0 Å². The maximum Gasteiger partial charge on any atom is 0.0175 e. The molecule has 0 N–H and O–H groups in total. The number of halogens is 1. The molecule has 0 amide bonds. The summed E-state index contributed by atoms with van der Waals surface area (Å²) in [5.41, 5.74) is 2.74. The van der Waals surface area contributed by atoms with Crippen molar-refractivity contribution in [2.75, 3.05) is 0 Å². The normalized spacial score (nSPS) is 25.4. The minimum Gasteiger partial charge on any atom is -0.0802 e. The van der Waals surface area contributed by atoms with Crippen molar-refractivity contribution in [3.05, 3.63) is 52.5 Å². The van der Waals surface area contributed by atoms with Gasteiger partial charge in [-0.1, -0.05) is 111 Å². The molecule has 0 aromatic heterocycles. The third-order valence-corrected chi connectivity index (χ3v) is 7.30. The van der Waals surface area contributed by atoms with E-state index in [-0.39, 0.29) is 0 Å². The number of unbranched alkanes of at least 4 members (excludes halogenated alkanes) is 5. The van der Waals surface area contributed by atoms with Crippen molar-refractivity contribution in [1.29, 1.82) is 0 Å². The zero-order chi connectivity index (χ0) is 18.9. The van der Waals surface area contributed by atoms with E-state index in [1.54, 1.807) is 0 Å². The summed E-state index contributed by atoms with van der Waals surface area (Å²) in [6.45, 7) is 2.30. The van der Waals surface area contributed by atoms with E-state index in [1.165, 1.54) is 88.2 Å². The Morgan fingerprint density at radius 2 is 1.59 bits per heavy atom. The van der Waals surface area contributed by atoms with E-state index in [2.05, 4.69) is 65.3 Å². The van der Waals surface area contributed by atoms with Gasteiger partial charge in [0.2, 0.25) is 0 Å². The summed E-state index contributed by atoms with van der Waals surface area (Å²) in [5, 5.41) is 0. The minimum atomic E-state index is 0.777. The highest BCUT2D eigenvalue weighted by Crippen LogP contribution is 2.39. The molecule has 1 fully saturated rings. The van der Waals surface area contributed by atoms with Crippen LogP contribution in [0.5, 0.6) is 0 Å². The third-order valence-electron chi connectivity index (χ3n) is 6.77. The maximum absolute atomic E-state index is 3.53. The van der Waals surface area contributed by atoms with Crippen LogP contribution in [0.25, 0.3) is 5.57 Å². The van der Waals surface area contributed by atoms with E-state index in [0.717, 1.165) is 22.2 Å². The molecule has 3 rings (SSSR count). The number of hydrogen-bond acceptors (Lipinski definition) is 0. The summed E-state index contributed by atoms with van der Waals surface area (Å²) >= 11 is 3.53. The van der Waals surface area contributed by atoms with Gasteiger partial charge in [0, 0.05) is 4.47 Å². The molecule has 0 heterocycles. The molecular weight excluding hydrogens is 392 g/mol. The molecule has 1 heteroatoms. The second kappa shape index (κ2) is 11.2. The lowest BCUT2D eigenvalue weighted by atomic mass is 9.72. The molecule has 1 unspecified atom stereocenters. The first-order valence-corrected chi connectivity index (χ1v) is 12.2. The van der Waals surface area contributed by atoms with Crippen molar-refractivity contribution in [1.82, 2.24) is 0 Å². The van der Waals surface area contributed by atoms with Crippen LogP contribution in [0.1, 0.15) is 89.5 Å². The number of allylic oxidation sites excluding steroid dienone is 4. The second-order valence-corrected chi connectivity index (χ2v) is 9.68. The van der Waals surface area contributed by atoms with E-state index in [0.29, 0.717) is 0 Å². The Morgan fingerprint density at radius 3 is 2.26 bits per heavy atom. The van der Waals surface area contributed by atoms with Crippen LogP contribution in [-0.2, 0) is 0 Å². The van der Waals surface area contributed by atoms with E-state index >= 15 is 0 Å². The summed E-state index contributed by atoms with van der Waals surface area (Å²) in [6.07, 6.45) is 24.6. The van der Waals surface area contributed by atoms with Crippen LogP contribution in [-0.4, -0.2) is 0 Å². The van der Waals surface area contributed by atoms with Crippen LogP contribution in [0.3, 0.4) is 0 Å². The van der Waals surface area contributed by atoms with Gasteiger partial charge in [-0.3, -0.25) is 0 Å². The van der Waals surface area contributed by atoms with Crippen molar-refractivity contribution in [2.24, 2.45) is 17.8 Å². The average Bonchev–Trinajstić information content (AvgIpc) is 2.72. The smallest absolute Gasteiger partial charge is 0.0175 e. The summed E-state index contributed by atoms with van der Waals surface area (Å²) in [6, 6.07) is 8.71. The minimum absolute atomic E-state index is 0.777. The summed E-state index contributed by atoms with van der Waals surface area (Å²) < 4.78 is 1.15. The molecule has 0 aliphatic heterocycles. The van der Waals surface area contributed by atoms with Crippen molar-refractivity contribution >= 4 is 21.5 Å². The van der Waals surface area contributed by atoms with Crippen LogP contribution in [0, 0.1) is 17.8 Å². The van der Waals surface area contributed by atoms with Gasteiger partial charge in [0.15, 0.2) is 0 Å². The summed E-state index contributed by atoms with van der Waals surface area (Å²) in [5.74, 6) is 2.72. The lowest BCUT2D eigenvalue weighted by Crippen LogP contribution is -2.21. The molecule has 1 aromatic carbocycles. The van der Waals surface area contributed by atoms with E-state index in [1.807, 2.05) is 0 Å². The van der Waals surface area contributed by atoms with Gasteiger partial charge in [0.05, 0.1) is 0 Å². The molecule has 27 heavy (non-hydrogen) atoms. The van der Waals surface area contributed by atoms with Crippen LogP contribution < -0.4 is 0 Å². The monoisotopic (exact) mass is 428 g/mol. The SMILES string of the molecule is CCCCCCCC[C@H]1CC[C@H](C2C=CC(c3ccc(Br)cc3)=CC2)CC1. The molecule has 0 spiro atoms. The van der Waals surface area contributed by atoms with Gasteiger partial charge in [-0.05, 0) is 60.3 Å². The van der Waals surface area contributed by atoms with Crippen LogP contribution in [0.4, 0.5) is 0 Å². The van der Waals surface area contributed by atoms with Crippen molar-refractivity contribution in [2.45, 2.75) is 84.0 Å². The molecule has 2 aliphatic carbocycles. The first-order valence-electron chi connectivity index (χ1n) is 11.4. The van der Waals surface area contributed by atoms with Gasteiger partial charge in [0.1, 0.15) is 0 Å². The van der Waals surface area contributed by atoms with Gasteiger partial charge in [-0.2, -0.15) is 0 Å². The predicted octanol–water partition coefficient (Wildman–Crippen LogP) is 8.97. The number of benzene rings is 1. The molecule has 0 bridgehead atoms. The van der Waals surface area contributed by atoms with Crippen molar-refractivity contribution in [3.63, 3.8) is 0 Å². The van der Waals surface area contributed by atoms with Gasteiger partial charge in [-0.25, -0.2) is 0 Å². The topological polar surface area (TPSA) is 0 Å². The Balaban J connectivity index is 1.36. The van der Waals surface area contributed by atoms with Gasteiger partial charge < -0.3 is 0 Å². The molecule has 1 atom stereocenters. The predicted molar refractivity (Wildman–Crippen MR) is 123 cm³/mol. The second-order valence-electron chi connectivity index (χ2n) is 8.76. The van der Waals surface area contributed by atoms with E-state index in [4.69, 9.17) is 0 Å². The van der Waals surface area contributed by atoms with Crippen LogP contribution in [0.2, 0.25) is 0 Å². The number of hydrogen-bond donors (Lipinski definition) is 0. The van der Waals surface area contributed by atoms with Gasteiger partial charge in [0.25, 0.3) is 0 Å². The van der Waals surface area contributed by atoms with Gasteiger partial charge in [-0.15, -0.1) is 0 Å². The zero-order valence-corrected chi connectivity index (χ0v) is 18.7. The fourth-order valence-electron chi connectivity index (χ4n) is 4.96. The third kappa shape index (κ3) is 6.63. The highest BCUT2D eigenvalue weighted by atomic mass is 79.9. The summed E-state index contributed by atoms with van der Waals surface area (Å²) in [7, 11) is 0. The first kappa shape index (κ1) is 20.9. The Hall–Kier alpha value is -0.820. The molecule has 148 valence electrons. The standard InChI is InChI=1S/C26H37Br/c1-2-3-4-5-6-7-8-21-9-11-22(12-10-21)23-13-15-24(16-14-23)25-17-19-26(27)20-18-25/h13,15-23H,2-12,14H2,1H3/t21-,22-,23?. The lowest BCUT2D eigenvalue weighted by Gasteiger charge is -2.33. The Kier molecular flexibility index (Phi) is 8.71.